The summed E-state index contributed by atoms with van der Waals surface area (Å²) in [5, 5.41) is 22.4. The van der Waals surface area contributed by atoms with Gasteiger partial charge in [-0.25, -0.2) is 4.98 Å². The van der Waals surface area contributed by atoms with Gasteiger partial charge in [-0.3, -0.25) is 5.10 Å². The van der Waals surface area contributed by atoms with Crippen molar-refractivity contribution in [2.45, 2.75) is 26.7 Å². The maximum Gasteiger partial charge on any atom is 0.181 e. The number of aromatic nitrogens is 5. The van der Waals surface area contributed by atoms with E-state index < -0.39 is 0 Å². The van der Waals surface area contributed by atoms with E-state index in [9.17, 15) is 0 Å². The number of rotatable bonds is 6. The Bertz CT molecular complexity index is 4430. The van der Waals surface area contributed by atoms with Crippen LogP contribution in [0.1, 0.15) is 26.7 Å². The SMILES string of the molecule is C=C/C=c1\c(=C/C)c2ccc(-c3ccc(-c4nc(-c5ccccc5)n[nH]4)c4ccccc34)c3c2c2c1c1ccccc1cc2n3-c1ccc2c(c1)c1ccccc1n2-c1ccccc1.CC1=CCCC=C1. The van der Waals surface area contributed by atoms with Crippen LogP contribution >= 0.6 is 0 Å². The predicted octanol–water partition coefficient (Wildman–Crippen LogP) is 15.9. The summed E-state index contributed by atoms with van der Waals surface area (Å²) in [4.78, 5) is 5.01. The van der Waals surface area contributed by atoms with E-state index in [2.05, 4.69) is 222 Å². The maximum atomic E-state index is 5.01. The lowest BCUT2D eigenvalue weighted by molar-refractivity contribution is 1.02. The minimum Gasteiger partial charge on any atom is -0.309 e. The summed E-state index contributed by atoms with van der Waals surface area (Å²) in [6, 6.07) is 65.7. The highest BCUT2D eigenvalue weighted by molar-refractivity contribution is 6.32. The summed E-state index contributed by atoms with van der Waals surface area (Å²) in [5.74, 6) is 1.42. The van der Waals surface area contributed by atoms with Crippen LogP contribution in [0.5, 0.6) is 0 Å². The second kappa shape index (κ2) is 17.2. The Morgan fingerprint density at radius 1 is 0.535 bits per heavy atom. The van der Waals surface area contributed by atoms with Gasteiger partial charge in [0.15, 0.2) is 11.6 Å². The highest BCUT2D eigenvalue weighted by Crippen LogP contribution is 2.46. The van der Waals surface area contributed by atoms with Gasteiger partial charge < -0.3 is 9.13 Å². The minimum absolute atomic E-state index is 0.678. The van der Waals surface area contributed by atoms with Crippen molar-refractivity contribution in [1.82, 2.24) is 24.3 Å². The third-order valence-electron chi connectivity index (χ3n) is 14.4. The first-order valence-corrected chi connectivity index (χ1v) is 24.5. The molecular formula is C66H49N5. The maximum absolute atomic E-state index is 5.01. The summed E-state index contributed by atoms with van der Waals surface area (Å²) in [5.41, 5.74) is 12.7. The molecule has 0 radical (unpaired) electrons. The Morgan fingerprint density at radius 3 is 1.97 bits per heavy atom. The molecule has 3 aromatic heterocycles. The number of nitrogens with one attached hydrogen (secondary N) is 1. The average Bonchev–Trinajstić information content (AvgIpc) is 4.15. The molecule has 5 nitrogen and oxygen atoms in total. The van der Waals surface area contributed by atoms with Gasteiger partial charge in [-0.05, 0) is 118 Å². The first kappa shape index (κ1) is 42.1. The second-order valence-corrected chi connectivity index (χ2v) is 18.5. The van der Waals surface area contributed by atoms with Crippen molar-refractivity contribution in [2.75, 3.05) is 0 Å². The molecule has 0 unspecified atom stereocenters. The Kier molecular flexibility index (Phi) is 10.2. The molecule has 0 aliphatic heterocycles. The zero-order valence-corrected chi connectivity index (χ0v) is 39.7. The molecule has 1 N–H and O–H groups in total. The third-order valence-corrected chi connectivity index (χ3v) is 14.4. The van der Waals surface area contributed by atoms with Crippen LogP contribution in [-0.2, 0) is 0 Å². The number of benzene rings is 10. The summed E-state index contributed by atoms with van der Waals surface area (Å²) < 4.78 is 4.93. The number of aromatic amines is 1. The van der Waals surface area contributed by atoms with E-state index in [-0.39, 0.29) is 0 Å². The highest BCUT2D eigenvalue weighted by atomic mass is 15.2. The predicted molar refractivity (Wildman–Crippen MR) is 301 cm³/mol. The largest absolute Gasteiger partial charge is 0.309 e. The van der Waals surface area contributed by atoms with E-state index in [1.807, 2.05) is 36.4 Å². The molecule has 1 aliphatic carbocycles. The van der Waals surface area contributed by atoms with Gasteiger partial charge >= 0.3 is 0 Å². The van der Waals surface area contributed by atoms with E-state index >= 15 is 0 Å². The van der Waals surface area contributed by atoms with Gasteiger partial charge in [-0.15, -0.1) is 0 Å². The van der Waals surface area contributed by atoms with Gasteiger partial charge in [0.25, 0.3) is 0 Å². The number of hydrogen-bond acceptors (Lipinski definition) is 2. The Morgan fingerprint density at radius 2 is 1.23 bits per heavy atom. The fourth-order valence-electron chi connectivity index (χ4n) is 11.4. The highest BCUT2D eigenvalue weighted by Gasteiger charge is 2.25. The normalized spacial score (nSPS) is 13.4. The van der Waals surface area contributed by atoms with Crippen LogP contribution in [0.3, 0.4) is 0 Å². The molecule has 0 amide bonds. The number of nitrogens with zero attached hydrogens (tertiary/aromatic N) is 4. The van der Waals surface area contributed by atoms with Crippen LogP contribution in [0.2, 0.25) is 0 Å². The van der Waals surface area contributed by atoms with Crippen LogP contribution in [0.25, 0.3) is 133 Å². The zero-order valence-electron chi connectivity index (χ0n) is 39.7. The quantitative estimate of drug-likeness (QED) is 0.169. The molecule has 1 aliphatic rings. The number of para-hydroxylation sites is 2. The van der Waals surface area contributed by atoms with E-state index in [4.69, 9.17) is 4.98 Å². The minimum atomic E-state index is 0.678. The van der Waals surface area contributed by atoms with Gasteiger partial charge in [-0.2, -0.15) is 5.10 Å². The second-order valence-electron chi connectivity index (χ2n) is 18.5. The molecule has 71 heavy (non-hydrogen) atoms. The molecule has 10 aromatic carbocycles. The fourth-order valence-corrected chi connectivity index (χ4v) is 11.4. The topological polar surface area (TPSA) is 51.4 Å². The zero-order chi connectivity index (χ0) is 47.6. The number of H-pyrrole nitrogens is 1. The lowest BCUT2D eigenvalue weighted by Gasteiger charge is -2.16. The molecule has 0 fully saturated rings. The van der Waals surface area contributed by atoms with Crippen molar-refractivity contribution in [2.24, 2.45) is 0 Å². The summed E-state index contributed by atoms with van der Waals surface area (Å²) in [7, 11) is 0. The van der Waals surface area contributed by atoms with Crippen molar-refractivity contribution < 1.29 is 0 Å². The third kappa shape index (κ3) is 6.76. The average molecular weight is 912 g/mol. The lowest BCUT2D eigenvalue weighted by Crippen LogP contribution is -2.26. The molecule has 0 atom stereocenters. The van der Waals surface area contributed by atoms with Crippen LogP contribution in [-0.4, -0.2) is 24.3 Å². The first-order valence-electron chi connectivity index (χ1n) is 24.5. The monoisotopic (exact) mass is 911 g/mol. The van der Waals surface area contributed by atoms with Crippen molar-refractivity contribution in [3.8, 4) is 45.3 Å². The van der Waals surface area contributed by atoms with Gasteiger partial charge in [0, 0.05) is 55.0 Å². The molecular weight excluding hydrogens is 863 g/mol. The number of fused-ring (bicyclic) bond motifs is 6. The number of hydrogen-bond donors (Lipinski definition) is 1. The van der Waals surface area contributed by atoms with Crippen molar-refractivity contribution in [3.05, 3.63) is 229 Å². The van der Waals surface area contributed by atoms with Gasteiger partial charge in [0.2, 0.25) is 0 Å². The molecule has 0 saturated carbocycles. The smallest absolute Gasteiger partial charge is 0.181 e. The molecule has 0 bridgehead atoms. The first-order chi connectivity index (χ1) is 35.1. The van der Waals surface area contributed by atoms with Crippen molar-refractivity contribution in [1.29, 1.82) is 0 Å². The Balaban J connectivity index is 0.000000650. The molecule has 0 spiro atoms. The Labute approximate surface area is 411 Å². The summed E-state index contributed by atoms with van der Waals surface area (Å²) >= 11 is 0. The fraction of sp³-hybridized carbons (Fsp3) is 0.0606. The van der Waals surface area contributed by atoms with Crippen molar-refractivity contribution >= 4 is 88.1 Å². The van der Waals surface area contributed by atoms with Crippen LogP contribution in [0, 0.1) is 0 Å². The molecule has 3 heterocycles. The van der Waals surface area contributed by atoms with Gasteiger partial charge in [0.05, 0.1) is 22.1 Å². The van der Waals surface area contributed by atoms with E-state index in [0.717, 1.165) is 50.2 Å². The van der Waals surface area contributed by atoms with E-state index in [1.54, 1.807) is 0 Å². The lowest BCUT2D eigenvalue weighted by atomic mass is 9.89. The standard InChI is InChI=1S/C59H39N5.C7H10/c1-3-17-46-40(4-2)47-30-31-48(44-29-32-49(43-25-14-13-24-42(43)44)59-60-58(61-62-59)36-18-7-5-8-19-36)57-55(47)56-53(34-37-20-11-12-23-41(37)54(46)56)64(57)39-28-33-52-50(35-39)45-26-15-16-27-51(45)63(52)38-21-9-6-10-22-38;1-7-5-3-2-4-6-7/h3-35H,1H2,2H3,(H,60,61,62);3,5-6H,2,4H2,1H3/b40-4+,46-17+;. The van der Waals surface area contributed by atoms with Crippen LogP contribution in [0.15, 0.2) is 218 Å². The van der Waals surface area contributed by atoms with Gasteiger partial charge in [0.1, 0.15) is 0 Å². The van der Waals surface area contributed by atoms with E-state index in [0.29, 0.717) is 5.82 Å². The van der Waals surface area contributed by atoms with E-state index in [1.165, 1.54) is 94.0 Å². The molecule has 13 aromatic rings. The summed E-state index contributed by atoms with van der Waals surface area (Å²) in [6.07, 6.45) is 15.5. The van der Waals surface area contributed by atoms with Crippen molar-refractivity contribution in [3.63, 3.8) is 0 Å². The molecule has 338 valence electrons. The molecule has 14 rings (SSSR count). The Hall–Kier alpha value is -9.06. The molecule has 0 saturated heterocycles. The van der Waals surface area contributed by atoms with Crippen LogP contribution < -0.4 is 10.4 Å². The molecule has 5 heteroatoms. The number of allylic oxidation sites excluding steroid dienone is 5. The summed E-state index contributed by atoms with van der Waals surface area (Å²) in [6.45, 7) is 8.50. The van der Waals surface area contributed by atoms with Crippen LogP contribution in [0.4, 0.5) is 0 Å². The van der Waals surface area contributed by atoms with Gasteiger partial charge in [-0.1, -0.05) is 182 Å².